The van der Waals surface area contributed by atoms with E-state index < -0.39 is 5.97 Å². The van der Waals surface area contributed by atoms with E-state index in [1.165, 1.54) is 47.4 Å². The minimum absolute atomic E-state index is 0.00892. The molecule has 16 nitrogen and oxygen atoms in total. The van der Waals surface area contributed by atoms with Crippen LogP contribution >= 0.6 is 0 Å². The number of carboxylic acid groups (broad SMARTS) is 1. The molecule has 12 rings (SSSR count). The fraction of sp³-hybridized carbons (Fsp3) is 0.321. The van der Waals surface area contributed by atoms with Gasteiger partial charge in [-0.25, -0.2) is 9.78 Å². The lowest BCUT2D eigenvalue weighted by molar-refractivity contribution is 0.0689. The molecule has 16 heteroatoms. The van der Waals surface area contributed by atoms with E-state index in [0.29, 0.717) is 30.4 Å². The van der Waals surface area contributed by atoms with Gasteiger partial charge in [0.15, 0.2) is 0 Å². The summed E-state index contributed by atoms with van der Waals surface area (Å²) < 4.78 is 0. The van der Waals surface area contributed by atoms with Crippen LogP contribution in [0.2, 0.25) is 0 Å². The van der Waals surface area contributed by atoms with Crippen LogP contribution in [0.1, 0.15) is 124 Å². The summed E-state index contributed by atoms with van der Waals surface area (Å²) >= 11 is 0. The maximum Gasteiger partial charge on any atom is 0.354 e. The first-order valence-corrected chi connectivity index (χ1v) is 23.6. The maximum atomic E-state index is 13.1. The van der Waals surface area contributed by atoms with Crippen molar-refractivity contribution in [3.05, 3.63) is 142 Å². The minimum Gasteiger partial charge on any atom is -0.477 e. The van der Waals surface area contributed by atoms with Crippen molar-refractivity contribution in [3.63, 3.8) is 0 Å². The number of carbonyl (C=O) groups excluding carboxylic acids is 3. The Bertz CT molecular complexity index is 3230. The Hall–Kier alpha value is -7.88. The van der Waals surface area contributed by atoms with Gasteiger partial charge in [0.05, 0.1) is 35.2 Å². The smallest absolute Gasteiger partial charge is 0.354 e. The zero-order chi connectivity index (χ0) is 48.0. The average Bonchev–Trinajstić information content (AvgIpc) is 4.21. The molecule has 2 fully saturated rings. The molecular weight excluding hydrogens is 871 g/mol. The highest BCUT2D eigenvalue weighted by molar-refractivity contribution is 6.03. The Morgan fingerprint density at radius 3 is 1.62 bits per heavy atom. The molecule has 3 aliphatic carbocycles. The highest BCUT2D eigenvalue weighted by atomic mass is 16.4. The summed E-state index contributed by atoms with van der Waals surface area (Å²) in [5, 5.41) is 31.6. The highest BCUT2D eigenvalue weighted by Gasteiger charge is 2.37. The number of amides is 3. The molecule has 1 saturated carbocycles. The van der Waals surface area contributed by atoms with Gasteiger partial charge in [0.1, 0.15) is 11.4 Å². The second-order valence-corrected chi connectivity index (χ2v) is 19.8. The van der Waals surface area contributed by atoms with E-state index in [0.717, 1.165) is 82.2 Å². The van der Waals surface area contributed by atoms with Crippen molar-refractivity contribution in [3.8, 4) is 22.8 Å². The van der Waals surface area contributed by atoms with Gasteiger partial charge >= 0.3 is 5.97 Å². The summed E-state index contributed by atoms with van der Waals surface area (Å²) in [4.78, 5) is 65.2. The summed E-state index contributed by atoms with van der Waals surface area (Å²) in [5.74, 6) is -1.16. The molecule has 0 spiro atoms. The Morgan fingerprint density at radius 1 is 0.638 bits per heavy atom. The monoisotopic (exact) mass is 925 g/mol. The number of fused-ring (bicyclic) bond motifs is 10. The zero-order valence-corrected chi connectivity index (χ0v) is 39.1. The average molecular weight is 926 g/mol. The molecule has 3 amide bonds. The molecule has 0 radical (unpaired) electrons. The zero-order valence-electron chi connectivity index (χ0n) is 39.1. The lowest BCUT2D eigenvalue weighted by Crippen LogP contribution is -2.38. The third kappa shape index (κ3) is 8.78. The Balaban J connectivity index is 0.000000139. The lowest BCUT2D eigenvalue weighted by Gasteiger charge is -2.30. The lowest BCUT2D eigenvalue weighted by atomic mass is 9.73. The highest BCUT2D eigenvalue weighted by Crippen LogP contribution is 2.47. The van der Waals surface area contributed by atoms with Gasteiger partial charge in [-0.1, -0.05) is 52.7 Å². The molecule has 0 bridgehead atoms. The first-order valence-electron chi connectivity index (χ1n) is 23.6. The van der Waals surface area contributed by atoms with Crippen molar-refractivity contribution in [2.45, 2.75) is 95.6 Å². The molecule has 1 aliphatic heterocycles. The van der Waals surface area contributed by atoms with Crippen LogP contribution < -0.4 is 10.6 Å². The minimum atomic E-state index is -0.990. The molecule has 8 aromatic rings. The van der Waals surface area contributed by atoms with Gasteiger partial charge in [-0.3, -0.25) is 29.6 Å². The summed E-state index contributed by atoms with van der Waals surface area (Å²) in [6, 6.07) is 22.1. The molecule has 1 saturated heterocycles. The summed E-state index contributed by atoms with van der Waals surface area (Å²) in [6.45, 7) is 10.1. The fourth-order valence-electron chi connectivity index (χ4n) is 10.7. The second-order valence-electron chi connectivity index (χ2n) is 19.8. The largest absolute Gasteiger partial charge is 0.477 e. The van der Waals surface area contributed by atoms with Crippen LogP contribution in [0.25, 0.3) is 44.6 Å². The van der Waals surface area contributed by atoms with Crippen LogP contribution in [0.5, 0.6) is 0 Å². The molecule has 4 aliphatic rings. The van der Waals surface area contributed by atoms with Gasteiger partial charge in [-0.05, 0) is 115 Å². The number of carbonyl (C=O) groups is 4. The topological polar surface area (TPSA) is 231 Å². The number of carboxylic acids is 1. The fourth-order valence-corrected chi connectivity index (χ4v) is 10.7. The quantitative estimate of drug-likeness (QED) is 0.0850. The number of aromatic carboxylic acids is 1. The molecule has 2 aromatic carbocycles. The first-order chi connectivity index (χ1) is 33.2. The summed E-state index contributed by atoms with van der Waals surface area (Å²) in [6.07, 6.45) is 14.1. The SMILES string of the molecule is CC1(C)Cc2cn[nH]c2-c2[nH]c3ccc(C(=O)NC4CCCC4)cc3c21.CC1(C)Cc2cn[nH]c2-c2[nH]c3ccc(C(=O)NC4CCN(C(=O)c5ccccn5)C4)cc3c21.O=C(O)c1ccccn1. The number of nitrogens with one attached hydrogen (secondary N) is 6. The molecule has 1 atom stereocenters. The molecule has 69 heavy (non-hydrogen) atoms. The third-order valence-electron chi connectivity index (χ3n) is 13.9. The third-order valence-corrected chi connectivity index (χ3v) is 13.9. The van der Waals surface area contributed by atoms with E-state index in [1.807, 2.05) is 42.7 Å². The van der Waals surface area contributed by atoms with E-state index in [9.17, 15) is 19.2 Å². The van der Waals surface area contributed by atoms with Crippen molar-refractivity contribution >= 4 is 45.5 Å². The number of hydrogen-bond acceptors (Lipinski definition) is 8. The molecule has 1 unspecified atom stereocenters. The Morgan fingerprint density at radius 2 is 1.14 bits per heavy atom. The summed E-state index contributed by atoms with van der Waals surface area (Å²) in [5.41, 5.74) is 13.1. The first kappa shape index (κ1) is 44.9. The van der Waals surface area contributed by atoms with Crippen molar-refractivity contribution in [2.24, 2.45) is 0 Å². The van der Waals surface area contributed by atoms with Crippen LogP contribution in [0.3, 0.4) is 0 Å². The van der Waals surface area contributed by atoms with Gasteiger partial charge in [0.2, 0.25) is 0 Å². The second kappa shape index (κ2) is 18.0. The van der Waals surface area contributed by atoms with E-state index >= 15 is 0 Å². The van der Waals surface area contributed by atoms with Crippen molar-refractivity contribution in [1.82, 2.24) is 55.9 Å². The van der Waals surface area contributed by atoms with Gasteiger partial charge in [0.25, 0.3) is 17.7 Å². The number of aromatic nitrogens is 8. The van der Waals surface area contributed by atoms with E-state index in [1.54, 1.807) is 41.4 Å². The molecule has 7 N–H and O–H groups in total. The van der Waals surface area contributed by atoms with Crippen LogP contribution in [-0.2, 0) is 23.7 Å². The van der Waals surface area contributed by atoms with Crippen LogP contribution in [0.15, 0.2) is 97.6 Å². The number of H-pyrrole nitrogens is 4. The molecule has 7 heterocycles. The van der Waals surface area contributed by atoms with E-state index in [4.69, 9.17) is 5.11 Å². The van der Waals surface area contributed by atoms with Crippen LogP contribution in [-0.4, -0.2) is 99.2 Å². The predicted molar refractivity (Wildman–Crippen MR) is 262 cm³/mol. The van der Waals surface area contributed by atoms with Crippen LogP contribution in [0, 0.1) is 0 Å². The number of pyridine rings is 2. The van der Waals surface area contributed by atoms with Gasteiger partial charge in [-0.15, -0.1) is 0 Å². The van der Waals surface area contributed by atoms with Crippen molar-refractivity contribution in [1.29, 1.82) is 0 Å². The van der Waals surface area contributed by atoms with Gasteiger partial charge in [-0.2, -0.15) is 10.2 Å². The van der Waals surface area contributed by atoms with Crippen molar-refractivity contribution in [2.75, 3.05) is 13.1 Å². The number of benzene rings is 2. The van der Waals surface area contributed by atoms with Crippen LogP contribution in [0.4, 0.5) is 0 Å². The van der Waals surface area contributed by atoms with E-state index in [2.05, 4.69) is 84.7 Å². The normalized spacial score (nSPS) is 17.3. The number of hydrogen-bond donors (Lipinski definition) is 7. The maximum absolute atomic E-state index is 13.1. The number of aromatic amines is 4. The van der Waals surface area contributed by atoms with Gasteiger partial charge < -0.3 is 30.6 Å². The van der Waals surface area contributed by atoms with E-state index in [-0.39, 0.29) is 40.3 Å². The predicted octanol–water partition coefficient (Wildman–Crippen LogP) is 8.28. The number of rotatable bonds is 6. The molecule has 6 aromatic heterocycles. The Labute approximate surface area is 398 Å². The molecular formula is C53H55N11O5. The number of nitrogens with zero attached hydrogens (tertiary/aromatic N) is 5. The number of likely N-dealkylation sites (tertiary alicyclic amines) is 1. The van der Waals surface area contributed by atoms with Gasteiger partial charge in [0, 0.05) is 81.6 Å². The summed E-state index contributed by atoms with van der Waals surface area (Å²) in [7, 11) is 0. The van der Waals surface area contributed by atoms with Crippen molar-refractivity contribution < 1.29 is 24.3 Å². The standard InChI is InChI=1S/C26H26N6O2.C21H24N4O.C6H5NO2/c1-26(2)12-16-13-28-31-22(16)23-21(26)18-11-15(6-7-19(18)30-23)24(33)29-17-8-10-32(14-17)25(34)20-5-3-4-9-27-20;1-21(2)10-13-11-22-25-18(13)19-17(21)15-9-12(7-8-16(15)24-19)20(26)23-14-5-3-4-6-14;8-6(9)5-3-1-2-4-7-5/h3-7,9,11,13,17,30H,8,10,12,14H2,1-2H3,(H,28,31)(H,29,33);7-9,11,14,24H,3-6,10H2,1-2H3,(H,22,25)(H,23,26);1-4H,(H,8,9). The molecule has 352 valence electrons. The Kier molecular flexibility index (Phi) is 11.7.